The van der Waals surface area contributed by atoms with Gasteiger partial charge < -0.3 is 16.8 Å². The second-order valence-electron chi connectivity index (χ2n) is 6.15. The largest absolute Gasteiger partial charge is 0.383 e. The smallest absolute Gasteiger partial charge is 0.199 e. The highest BCUT2D eigenvalue weighted by Crippen LogP contribution is 2.32. The molecule has 4 aromatic rings. The van der Waals surface area contributed by atoms with Gasteiger partial charge in [0.1, 0.15) is 0 Å². The lowest BCUT2D eigenvalue weighted by Gasteiger charge is -2.10. The van der Waals surface area contributed by atoms with E-state index in [1.807, 2.05) is 40.9 Å². The predicted octanol–water partition coefficient (Wildman–Crippen LogP) is 2.00. The molecule has 2 aromatic carbocycles. The first-order valence-electron chi connectivity index (χ1n) is 8.66. The van der Waals surface area contributed by atoms with Crippen LogP contribution in [0.4, 0.5) is 5.69 Å². The Bertz CT molecular complexity index is 1120. The van der Waals surface area contributed by atoms with Crippen LogP contribution in [0.15, 0.2) is 41.2 Å². The average Bonchev–Trinajstić information content (AvgIpc) is 3.04. The summed E-state index contributed by atoms with van der Waals surface area (Å²) >= 11 is 1.75. The fourth-order valence-corrected chi connectivity index (χ4v) is 4.09. The van der Waals surface area contributed by atoms with Gasteiger partial charge in [-0.05, 0) is 24.3 Å². The number of anilines is 1. The molecule has 0 aliphatic carbocycles. The number of hydrogen-bond donors (Lipinski definition) is 3. The van der Waals surface area contributed by atoms with Gasteiger partial charge in [-0.2, -0.15) is 16.9 Å². The van der Waals surface area contributed by atoms with E-state index in [2.05, 4.69) is 5.32 Å². The van der Waals surface area contributed by atoms with E-state index in [9.17, 15) is 4.79 Å². The third-order valence-electron chi connectivity index (χ3n) is 4.49. The van der Waals surface area contributed by atoms with E-state index >= 15 is 0 Å². The summed E-state index contributed by atoms with van der Waals surface area (Å²) in [6.07, 6.45) is 0. The van der Waals surface area contributed by atoms with Crippen LogP contribution in [0.1, 0.15) is 5.69 Å². The lowest BCUT2D eigenvalue weighted by Crippen LogP contribution is -2.15. The van der Waals surface area contributed by atoms with Crippen molar-refractivity contribution in [3.05, 3.63) is 52.3 Å². The van der Waals surface area contributed by atoms with E-state index in [4.69, 9.17) is 16.6 Å². The molecule has 0 aliphatic rings. The molecule has 0 saturated carbocycles. The Labute approximate surface area is 154 Å². The fraction of sp³-hybridized carbons (Fsp3) is 0.263. The van der Waals surface area contributed by atoms with Crippen molar-refractivity contribution in [1.82, 2.24) is 9.61 Å². The van der Waals surface area contributed by atoms with Crippen LogP contribution in [-0.4, -0.2) is 35.0 Å². The van der Waals surface area contributed by atoms with E-state index in [-0.39, 0.29) is 5.43 Å². The molecule has 2 aromatic heterocycles. The summed E-state index contributed by atoms with van der Waals surface area (Å²) < 4.78 is 1.91. The molecule has 6 nitrogen and oxygen atoms in total. The summed E-state index contributed by atoms with van der Waals surface area (Å²) in [7, 11) is 0. The number of rotatable bonds is 7. The fourth-order valence-electron chi connectivity index (χ4n) is 3.37. The van der Waals surface area contributed by atoms with Crippen molar-refractivity contribution in [2.75, 3.05) is 30.7 Å². The maximum Gasteiger partial charge on any atom is 0.199 e. The first kappa shape index (κ1) is 17.1. The van der Waals surface area contributed by atoms with Gasteiger partial charge in [0.15, 0.2) is 5.43 Å². The van der Waals surface area contributed by atoms with Crippen molar-refractivity contribution in [3.8, 4) is 0 Å². The number of para-hydroxylation sites is 1. The molecule has 7 heteroatoms. The van der Waals surface area contributed by atoms with Gasteiger partial charge in [-0.15, -0.1) is 0 Å². The maximum atomic E-state index is 13.2. The summed E-state index contributed by atoms with van der Waals surface area (Å²) in [4.78, 5) is 13.2. The Kier molecular flexibility index (Phi) is 4.67. The van der Waals surface area contributed by atoms with Crippen molar-refractivity contribution >= 4 is 44.6 Å². The number of aromatic nitrogens is 2. The van der Waals surface area contributed by atoms with E-state index < -0.39 is 0 Å². The molecule has 4 rings (SSSR count). The molecule has 26 heavy (non-hydrogen) atoms. The first-order chi connectivity index (χ1) is 12.8. The Hall–Kier alpha value is -2.35. The number of nitrogens with two attached hydrogens (primary N) is 2. The summed E-state index contributed by atoms with van der Waals surface area (Å²) in [5.74, 6) is 1.65. The Morgan fingerprint density at radius 1 is 1.08 bits per heavy atom. The molecule has 0 bridgehead atoms. The highest BCUT2D eigenvalue weighted by atomic mass is 32.2. The van der Waals surface area contributed by atoms with E-state index in [1.165, 1.54) is 0 Å². The number of hydrogen-bond acceptors (Lipinski definition) is 6. The Morgan fingerprint density at radius 3 is 2.73 bits per heavy atom. The van der Waals surface area contributed by atoms with Gasteiger partial charge in [0.25, 0.3) is 0 Å². The topological polar surface area (TPSA) is 98.4 Å². The average molecular weight is 367 g/mol. The van der Waals surface area contributed by atoms with Gasteiger partial charge in [0.05, 0.1) is 22.1 Å². The van der Waals surface area contributed by atoms with Crippen LogP contribution < -0.4 is 22.2 Å². The number of nitrogens with one attached hydrogen (secondary N) is 1. The van der Waals surface area contributed by atoms with Crippen molar-refractivity contribution in [2.24, 2.45) is 11.5 Å². The summed E-state index contributed by atoms with van der Waals surface area (Å²) in [6, 6.07) is 11.6. The molecule has 134 valence electrons. The molecule has 0 unspecified atom stereocenters. The lowest BCUT2D eigenvalue weighted by atomic mass is 10.1. The minimum Gasteiger partial charge on any atom is -0.383 e. The summed E-state index contributed by atoms with van der Waals surface area (Å²) in [5, 5.41) is 10.5. The van der Waals surface area contributed by atoms with E-state index in [1.54, 1.807) is 11.8 Å². The summed E-state index contributed by atoms with van der Waals surface area (Å²) in [5.41, 5.74) is 14.8. The minimum absolute atomic E-state index is 0.0271. The highest BCUT2D eigenvalue weighted by molar-refractivity contribution is 7.98. The first-order valence-corrected chi connectivity index (χ1v) is 9.82. The van der Waals surface area contributed by atoms with Gasteiger partial charge in [-0.1, -0.05) is 12.1 Å². The van der Waals surface area contributed by atoms with Crippen LogP contribution in [0.3, 0.4) is 0 Å². The molecule has 0 saturated heterocycles. The number of pyridine rings is 1. The van der Waals surface area contributed by atoms with E-state index in [0.29, 0.717) is 30.4 Å². The van der Waals surface area contributed by atoms with Crippen LogP contribution in [0.25, 0.3) is 27.2 Å². The zero-order valence-electron chi connectivity index (χ0n) is 14.4. The van der Waals surface area contributed by atoms with Crippen molar-refractivity contribution in [3.63, 3.8) is 0 Å². The number of benzene rings is 2. The second kappa shape index (κ2) is 7.11. The third-order valence-corrected chi connectivity index (χ3v) is 5.49. The van der Waals surface area contributed by atoms with Crippen LogP contribution in [0.2, 0.25) is 0 Å². The van der Waals surface area contributed by atoms with Gasteiger partial charge in [-0.3, -0.25) is 4.79 Å². The van der Waals surface area contributed by atoms with Crippen LogP contribution in [0.5, 0.6) is 0 Å². The number of nitrogens with zero attached hydrogens (tertiary/aromatic N) is 2. The standard InChI is InChI=1S/C19H21N5OS/c20-7-9-22-14-6-5-12-15(11-26-10-8-21)23-24-16-4-2-1-3-13(16)19(25)17(14)18(12)24/h1-6,22H,7-11,20-21H2. The van der Waals surface area contributed by atoms with Gasteiger partial charge in [0, 0.05) is 47.6 Å². The number of fused-ring (bicyclic) bond motifs is 2. The van der Waals surface area contributed by atoms with Gasteiger partial charge in [-0.25, -0.2) is 4.52 Å². The molecule has 5 N–H and O–H groups in total. The van der Waals surface area contributed by atoms with E-state index in [0.717, 1.165) is 39.3 Å². The van der Waals surface area contributed by atoms with Crippen LogP contribution in [0, 0.1) is 0 Å². The predicted molar refractivity (Wildman–Crippen MR) is 110 cm³/mol. The third kappa shape index (κ3) is 2.68. The SMILES string of the molecule is NCCNc1ccc2c(CSCCN)nn3c4ccccc4c(=O)c1c23. The van der Waals surface area contributed by atoms with Crippen LogP contribution >= 0.6 is 11.8 Å². The molecular weight excluding hydrogens is 346 g/mol. The second-order valence-corrected chi connectivity index (χ2v) is 7.25. The van der Waals surface area contributed by atoms with Crippen LogP contribution in [-0.2, 0) is 5.75 Å². The Morgan fingerprint density at radius 2 is 1.92 bits per heavy atom. The molecule has 0 atom stereocenters. The monoisotopic (exact) mass is 367 g/mol. The summed E-state index contributed by atoms with van der Waals surface area (Å²) in [6.45, 7) is 1.76. The van der Waals surface area contributed by atoms with Crippen molar-refractivity contribution < 1.29 is 0 Å². The van der Waals surface area contributed by atoms with Crippen molar-refractivity contribution in [2.45, 2.75) is 5.75 Å². The highest BCUT2D eigenvalue weighted by Gasteiger charge is 2.19. The molecule has 0 radical (unpaired) electrons. The maximum absolute atomic E-state index is 13.2. The molecule has 0 fully saturated rings. The van der Waals surface area contributed by atoms with Gasteiger partial charge >= 0.3 is 0 Å². The normalized spacial score (nSPS) is 11.8. The zero-order valence-corrected chi connectivity index (χ0v) is 15.2. The minimum atomic E-state index is 0.0271. The molecule has 0 amide bonds. The molecule has 0 aliphatic heterocycles. The Balaban J connectivity index is 2.04. The molecular formula is C19H21N5OS. The molecule has 0 spiro atoms. The van der Waals surface area contributed by atoms with Crippen molar-refractivity contribution in [1.29, 1.82) is 0 Å². The van der Waals surface area contributed by atoms with Gasteiger partial charge in [0.2, 0.25) is 0 Å². The lowest BCUT2D eigenvalue weighted by molar-refractivity contribution is 0.967. The number of thioether (sulfide) groups is 1. The quantitative estimate of drug-likeness (QED) is 0.341. The zero-order chi connectivity index (χ0) is 18.1. The molecule has 2 heterocycles.